The fourth-order valence-electron chi connectivity index (χ4n) is 5.89. The molecule has 17 heteroatoms. The molecule has 0 radical (unpaired) electrons. The van der Waals surface area contributed by atoms with Crippen LogP contribution in [0.25, 0.3) is 33.3 Å². The molecular weight excluding hydrogens is 703 g/mol. The van der Waals surface area contributed by atoms with Crippen LogP contribution in [-0.4, -0.2) is 70.6 Å². The number of benzene rings is 1. The third-order valence-corrected chi connectivity index (χ3v) is 10.1. The Morgan fingerprint density at radius 3 is 2.33 bits per heavy atom. The third-order valence-electron chi connectivity index (χ3n) is 8.44. The molecule has 1 N–H and O–H groups in total. The van der Waals surface area contributed by atoms with Crippen molar-refractivity contribution in [2.45, 2.75) is 89.2 Å². The minimum atomic E-state index is -4.94. The summed E-state index contributed by atoms with van der Waals surface area (Å²) in [5, 5.41) is 17.5. The summed E-state index contributed by atoms with van der Waals surface area (Å²) < 4.78 is 80.7. The summed E-state index contributed by atoms with van der Waals surface area (Å²) >= 11 is 0. The maximum atomic E-state index is 14.5. The highest BCUT2D eigenvalue weighted by Crippen LogP contribution is 2.41. The van der Waals surface area contributed by atoms with E-state index in [1.165, 1.54) is 18.3 Å². The van der Waals surface area contributed by atoms with Crippen molar-refractivity contribution >= 4 is 33.1 Å². The van der Waals surface area contributed by atoms with E-state index < -0.39 is 45.1 Å². The van der Waals surface area contributed by atoms with Crippen molar-refractivity contribution in [1.29, 1.82) is 0 Å². The maximum Gasteiger partial charge on any atom is 0.435 e. The van der Waals surface area contributed by atoms with Gasteiger partial charge in [-0.3, -0.25) is 19.1 Å². The number of hydrogen-bond donors (Lipinski definition) is 1. The number of aryl methyl sites for hydroxylation is 3. The van der Waals surface area contributed by atoms with Crippen LogP contribution in [-0.2, 0) is 45.9 Å². The Balaban J connectivity index is 1.51. The molecule has 52 heavy (non-hydrogen) atoms. The van der Waals surface area contributed by atoms with Gasteiger partial charge in [-0.15, -0.1) is 0 Å². The summed E-state index contributed by atoms with van der Waals surface area (Å²) in [5.41, 5.74) is -0.369. The van der Waals surface area contributed by atoms with Gasteiger partial charge < -0.3 is 9.84 Å². The highest BCUT2D eigenvalue weighted by atomic mass is 32.2. The quantitative estimate of drug-likeness (QED) is 0.157. The van der Waals surface area contributed by atoms with E-state index in [0.29, 0.717) is 16.8 Å². The van der Waals surface area contributed by atoms with Crippen molar-refractivity contribution in [1.82, 2.24) is 33.4 Å². The lowest BCUT2D eigenvalue weighted by Crippen LogP contribution is -2.38. The zero-order valence-corrected chi connectivity index (χ0v) is 30.0. The van der Waals surface area contributed by atoms with Crippen molar-refractivity contribution in [3.8, 4) is 22.3 Å². The average molecular weight is 742 g/mol. The number of hydrogen-bond acceptors (Lipinski definition) is 8. The van der Waals surface area contributed by atoms with Crippen molar-refractivity contribution < 1.29 is 41.0 Å². The second kappa shape index (κ2) is 13.4. The Hall–Kier alpha value is -5.19. The lowest BCUT2D eigenvalue weighted by Gasteiger charge is -2.27. The number of carboxylic acid groups (broad SMARTS) is 1. The molecule has 1 amide bonds. The van der Waals surface area contributed by atoms with Gasteiger partial charge in [0.05, 0.1) is 17.1 Å². The smallest absolute Gasteiger partial charge is 0.435 e. The van der Waals surface area contributed by atoms with E-state index in [2.05, 4.69) is 15.2 Å². The number of alkyl halides is 3. The molecule has 0 saturated heterocycles. The van der Waals surface area contributed by atoms with Gasteiger partial charge >= 0.3 is 18.2 Å². The van der Waals surface area contributed by atoms with Crippen LogP contribution in [0.1, 0.15) is 63.4 Å². The fraction of sp³-hybridized carbons (Fsp3) is 0.400. The number of rotatable bonds is 11. The predicted octanol–water partition coefficient (Wildman–Crippen LogP) is 6.63. The largest absolute Gasteiger partial charge is 0.481 e. The maximum absolute atomic E-state index is 14.5. The standard InChI is InChI=1S/C35H38F3N7O6S/c1-21-8-12-24(13-9-21)52(49,50)45-19-27(28-18-43(14-6-7-30(46)47)41-31(28)35(36,37)38)25-15-22(16-39-32(25)45)26-17-42(5)40-29(26)20-44(23-10-11-23)33(48)51-34(2,3)4/h8-9,12-13,15-19,23H,6-7,10-11,14,20H2,1-5H3,(H,46,47). The Morgan fingerprint density at radius 1 is 1.02 bits per heavy atom. The molecule has 1 fully saturated rings. The number of carbonyl (C=O) groups excluding carboxylic acids is 1. The number of aromatic nitrogens is 6. The first-order valence-corrected chi connectivity index (χ1v) is 18.0. The average Bonchev–Trinajstić information content (AvgIpc) is 3.49. The van der Waals surface area contributed by atoms with Crippen LogP contribution in [0.5, 0.6) is 0 Å². The molecule has 276 valence electrons. The van der Waals surface area contributed by atoms with Crippen LogP contribution < -0.4 is 0 Å². The second-order valence-electron chi connectivity index (χ2n) is 13.9. The van der Waals surface area contributed by atoms with Crippen LogP contribution in [0.3, 0.4) is 0 Å². The first-order chi connectivity index (χ1) is 24.3. The van der Waals surface area contributed by atoms with Crippen molar-refractivity contribution in [2.75, 3.05) is 0 Å². The summed E-state index contributed by atoms with van der Waals surface area (Å²) in [6, 6.07) is 7.55. The molecule has 0 aliphatic heterocycles. The summed E-state index contributed by atoms with van der Waals surface area (Å²) in [7, 11) is -2.66. The van der Waals surface area contributed by atoms with E-state index >= 15 is 0 Å². The Morgan fingerprint density at radius 2 is 1.71 bits per heavy atom. The van der Waals surface area contributed by atoms with Gasteiger partial charge in [0.25, 0.3) is 10.0 Å². The number of carboxylic acids is 1. The highest BCUT2D eigenvalue weighted by molar-refractivity contribution is 7.90. The van der Waals surface area contributed by atoms with E-state index in [0.717, 1.165) is 39.5 Å². The van der Waals surface area contributed by atoms with Crippen LogP contribution in [0.2, 0.25) is 0 Å². The SMILES string of the molecule is Cc1ccc(S(=O)(=O)n2cc(-c3cn(CCCC(=O)O)nc3C(F)(F)F)c3cc(-c4cn(C)nc4CN(C(=O)OC(C)(C)C)C4CC4)cnc32)cc1. The normalized spacial score (nSPS) is 13.8. The third kappa shape index (κ3) is 7.68. The molecule has 4 aromatic heterocycles. The summed E-state index contributed by atoms with van der Waals surface area (Å²) in [6.45, 7) is 7.08. The molecule has 0 spiro atoms. The van der Waals surface area contributed by atoms with Gasteiger partial charge in [-0.1, -0.05) is 17.7 Å². The molecule has 0 atom stereocenters. The number of ether oxygens (including phenoxy) is 1. The topological polar surface area (TPSA) is 154 Å². The summed E-state index contributed by atoms with van der Waals surface area (Å²) in [5.74, 6) is -1.10. The van der Waals surface area contributed by atoms with E-state index in [-0.39, 0.29) is 53.5 Å². The number of amides is 1. The Kier molecular flexibility index (Phi) is 9.44. The predicted molar refractivity (Wildman–Crippen MR) is 184 cm³/mol. The zero-order valence-electron chi connectivity index (χ0n) is 29.2. The minimum Gasteiger partial charge on any atom is -0.481 e. The molecule has 1 aliphatic carbocycles. The van der Waals surface area contributed by atoms with Crippen LogP contribution in [0, 0.1) is 6.92 Å². The molecular formula is C35H38F3N7O6S. The molecule has 1 aliphatic rings. The molecule has 0 bridgehead atoms. The molecule has 0 unspecified atom stereocenters. The van der Waals surface area contributed by atoms with Gasteiger partial charge in [0.1, 0.15) is 5.60 Å². The number of fused-ring (bicyclic) bond motifs is 1. The van der Waals surface area contributed by atoms with E-state index in [1.54, 1.807) is 68.7 Å². The number of halogens is 3. The molecule has 1 saturated carbocycles. The van der Waals surface area contributed by atoms with Gasteiger partial charge in [-0.2, -0.15) is 23.4 Å². The van der Waals surface area contributed by atoms with Crippen molar-refractivity contribution in [2.24, 2.45) is 7.05 Å². The van der Waals surface area contributed by atoms with E-state index in [4.69, 9.17) is 9.84 Å². The summed E-state index contributed by atoms with van der Waals surface area (Å²) in [4.78, 5) is 30.3. The molecule has 4 heterocycles. The van der Waals surface area contributed by atoms with E-state index in [1.807, 2.05) is 0 Å². The fourth-order valence-corrected chi connectivity index (χ4v) is 7.21. The van der Waals surface area contributed by atoms with Gasteiger partial charge in [-0.25, -0.2) is 22.2 Å². The Labute approximate surface area is 297 Å². The van der Waals surface area contributed by atoms with Gasteiger partial charge in [0.15, 0.2) is 11.3 Å². The number of nitrogens with zero attached hydrogens (tertiary/aromatic N) is 7. The first-order valence-electron chi connectivity index (χ1n) is 16.5. The minimum absolute atomic E-state index is 0.0218. The van der Waals surface area contributed by atoms with Gasteiger partial charge in [0.2, 0.25) is 0 Å². The van der Waals surface area contributed by atoms with Crippen LogP contribution >= 0.6 is 0 Å². The molecule has 6 rings (SSSR count). The number of carbonyl (C=O) groups is 2. The van der Waals surface area contributed by atoms with Crippen molar-refractivity contribution in [3.63, 3.8) is 0 Å². The molecule has 13 nitrogen and oxygen atoms in total. The van der Waals surface area contributed by atoms with Crippen LogP contribution in [0.4, 0.5) is 18.0 Å². The lowest BCUT2D eigenvalue weighted by molar-refractivity contribution is -0.141. The molecule has 1 aromatic carbocycles. The zero-order chi connectivity index (χ0) is 37.7. The Bertz CT molecular complexity index is 2260. The molecule has 5 aromatic rings. The van der Waals surface area contributed by atoms with Crippen molar-refractivity contribution in [3.05, 3.63) is 72.1 Å². The lowest BCUT2D eigenvalue weighted by atomic mass is 10.0. The number of pyridine rings is 1. The van der Waals surface area contributed by atoms with Gasteiger partial charge in [0, 0.05) is 78.5 Å². The highest BCUT2D eigenvalue weighted by Gasteiger charge is 2.39. The van der Waals surface area contributed by atoms with Crippen LogP contribution in [0.15, 0.2) is 60.0 Å². The summed E-state index contributed by atoms with van der Waals surface area (Å²) in [6.07, 6.45) is 1.26. The van der Waals surface area contributed by atoms with E-state index in [9.17, 15) is 31.2 Å². The monoisotopic (exact) mass is 741 g/mol. The first kappa shape index (κ1) is 36.6. The second-order valence-corrected chi connectivity index (χ2v) is 15.7. The van der Waals surface area contributed by atoms with Gasteiger partial charge in [-0.05, 0) is 65.2 Å². The number of aliphatic carboxylic acids is 1.